The highest BCUT2D eigenvalue weighted by molar-refractivity contribution is 5.78. The lowest BCUT2D eigenvalue weighted by molar-refractivity contribution is -0.122. The lowest BCUT2D eigenvalue weighted by Crippen LogP contribution is -2.31. The summed E-state index contributed by atoms with van der Waals surface area (Å²) in [6, 6.07) is 13.3. The Bertz CT molecular complexity index is 1060. The van der Waals surface area contributed by atoms with Gasteiger partial charge in [-0.05, 0) is 24.6 Å². The largest absolute Gasteiger partial charge is 0.434 e. The van der Waals surface area contributed by atoms with Crippen LogP contribution in [-0.2, 0) is 18.4 Å². The van der Waals surface area contributed by atoms with E-state index in [-0.39, 0.29) is 30.3 Å². The number of imidazole rings is 1. The Hall–Kier alpha value is -3.16. The van der Waals surface area contributed by atoms with Gasteiger partial charge in [-0.2, -0.15) is 8.78 Å². The molecule has 0 bridgehead atoms. The van der Waals surface area contributed by atoms with E-state index < -0.39 is 12.7 Å². The van der Waals surface area contributed by atoms with Crippen molar-refractivity contribution < 1.29 is 18.3 Å². The van der Waals surface area contributed by atoms with Crippen LogP contribution in [0, 0.1) is 0 Å². The monoisotopic (exact) mass is 403 g/mol. The number of carbonyl (C=O) groups excluding carboxylic acids is 1. The minimum atomic E-state index is -2.94. The molecule has 0 aliphatic rings. The zero-order chi connectivity index (χ0) is 21.0. The van der Waals surface area contributed by atoms with Crippen molar-refractivity contribution in [1.82, 2.24) is 14.5 Å². The van der Waals surface area contributed by atoms with Gasteiger partial charge in [0.2, 0.25) is 5.91 Å². The maximum absolute atomic E-state index is 12.7. The van der Waals surface area contributed by atoms with Crippen molar-refractivity contribution in [3.63, 3.8) is 0 Å². The van der Waals surface area contributed by atoms with Crippen LogP contribution in [0.25, 0.3) is 11.0 Å². The number of amides is 1. The Morgan fingerprint density at radius 3 is 2.45 bits per heavy atom. The highest BCUT2D eigenvalue weighted by Crippen LogP contribution is 2.28. The van der Waals surface area contributed by atoms with E-state index in [1.54, 1.807) is 34.4 Å². The molecule has 6 nitrogen and oxygen atoms in total. The smallest absolute Gasteiger partial charge is 0.387 e. The molecule has 0 aliphatic carbocycles. The summed E-state index contributed by atoms with van der Waals surface area (Å²) in [5.41, 5.74) is 1.85. The molecular weight excluding hydrogens is 380 g/mol. The molecule has 0 aliphatic heterocycles. The van der Waals surface area contributed by atoms with Gasteiger partial charge < -0.3 is 10.1 Å². The minimum absolute atomic E-state index is 0.0416. The molecule has 0 radical (unpaired) electrons. The van der Waals surface area contributed by atoms with Crippen LogP contribution in [0.4, 0.5) is 8.78 Å². The van der Waals surface area contributed by atoms with Crippen molar-refractivity contribution >= 4 is 16.9 Å². The van der Waals surface area contributed by atoms with E-state index in [0.29, 0.717) is 12.0 Å². The third-order valence-electron chi connectivity index (χ3n) is 4.87. The van der Waals surface area contributed by atoms with Crippen LogP contribution in [0.5, 0.6) is 5.75 Å². The molecule has 29 heavy (non-hydrogen) atoms. The number of hydrogen-bond acceptors (Lipinski definition) is 3. The lowest BCUT2D eigenvalue weighted by Gasteiger charge is -2.20. The van der Waals surface area contributed by atoms with E-state index in [1.807, 2.05) is 31.2 Å². The van der Waals surface area contributed by atoms with Crippen molar-refractivity contribution in [3.05, 3.63) is 64.6 Å². The summed E-state index contributed by atoms with van der Waals surface area (Å²) in [6.07, 6.45) is 0.589. The third-order valence-corrected chi connectivity index (χ3v) is 4.87. The molecule has 1 unspecified atom stereocenters. The van der Waals surface area contributed by atoms with Gasteiger partial charge >= 0.3 is 12.3 Å². The van der Waals surface area contributed by atoms with Gasteiger partial charge in [0, 0.05) is 25.6 Å². The second kappa shape index (κ2) is 8.89. The van der Waals surface area contributed by atoms with Crippen LogP contribution in [0.15, 0.2) is 53.3 Å². The van der Waals surface area contributed by atoms with Crippen LogP contribution in [0.1, 0.15) is 31.4 Å². The molecule has 1 aromatic heterocycles. The summed E-state index contributed by atoms with van der Waals surface area (Å²) in [4.78, 5) is 25.0. The highest BCUT2D eigenvalue weighted by atomic mass is 19.3. The number of benzene rings is 2. The molecule has 1 heterocycles. The molecule has 3 rings (SSSR count). The molecule has 0 fully saturated rings. The van der Waals surface area contributed by atoms with Crippen LogP contribution in [0.3, 0.4) is 0 Å². The van der Waals surface area contributed by atoms with Crippen LogP contribution in [0.2, 0.25) is 0 Å². The first-order valence-electron chi connectivity index (χ1n) is 9.39. The van der Waals surface area contributed by atoms with Gasteiger partial charge in [0.05, 0.1) is 17.1 Å². The molecule has 1 amide bonds. The normalized spacial score (nSPS) is 12.3. The second-order valence-corrected chi connectivity index (χ2v) is 6.68. The molecule has 154 valence electrons. The Morgan fingerprint density at radius 1 is 1.10 bits per heavy atom. The average Bonchev–Trinajstić information content (AvgIpc) is 2.95. The average molecular weight is 403 g/mol. The second-order valence-electron chi connectivity index (χ2n) is 6.68. The Kier molecular flexibility index (Phi) is 6.31. The van der Waals surface area contributed by atoms with Crippen molar-refractivity contribution in [1.29, 1.82) is 0 Å². The molecular formula is C21H23F2N3O3. The number of alkyl halides is 2. The Morgan fingerprint density at radius 2 is 1.76 bits per heavy atom. The topological polar surface area (TPSA) is 65.3 Å². The summed E-state index contributed by atoms with van der Waals surface area (Å²) in [6.45, 7) is -0.876. The minimum Gasteiger partial charge on any atom is -0.434 e. The first-order chi connectivity index (χ1) is 13.9. The summed E-state index contributed by atoms with van der Waals surface area (Å²) in [5, 5.41) is 2.86. The summed E-state index contributed by atoms with van der Waals surface area (Å²) in [5.74, 6) is -0.233. The molecule has 0 saturated carbocycles. The number of hydrogen-bond donors (Lipinski definition) is 1. The predicted octanol–water partition coefficient (Wildman–Crippen LogP) is 3.60. The molecule has 2 aromatic carbocycles. The number of aromatic nitrogens is 2. The fraction of sp³-hybridized carbons (Fsp3) is 0.333. The summed E-state index contributed by atoms with van der Waals surface area (Å²) in [7, 11) is 1.69. The Labute approximate surface area is 166 Å². The van der Waals surface area contributed by atoms with E-state index >= 15 is 0 Å². The zero-order valence-electron chi connectivity index (χ0n) is 16.3. The van der Waals surface area contributed by atoms with Crippen molar-refractivity contribution in [2.45, 2.75) is 39.0 Å². The van der Waals surface area contributed by atoms with E-state index in [0.717, 1.165) is 11.0 Å². The highest BCUT2D eigenvalue weighted by Gasteiger charge is 2.19. The quantitative estimate of drug-likeness (QED) is 0.625. The van der Waals surface area contributed by atoms with E-state index in [1.165, 1.54) is 6.07 Å². The van der Waals surface area contributed by atoms with Gasteiger partial charge in [-0.25, -0.2) is 4.79 Å². The zero-order valence-corrected chi connectivity index (χ0v) is 16.3. The number of nitrogens with one attached hydrogen (secondary N) is 1. The number of ether oxygens (including phenoxy) is 1. The number of rotatable bonds is 8. The summed E-state index contributed by atoms with van der Waals surface area (Å²) < 4.78 is 33.0. The van der Waals surface area contributed by atoms with Gasteiger partial charge in [0.1, 0.15) is 5.75 Å². The summed E-state index contributed by atoms with van der Waals surface area (Å²) >= 11 is 0. The number of carbonyl (C=O) groups is 1. The molecule has 0 spiro atoms. The van der Waals surface area contributed by atoms with E-state index in [9.17, 15) is 18.4 Å². The predicted molar refractivity (Wildman–Crippen MR) is 106 cm³/mol. The molecule has 8 heteroatoms. The van der Waals surface area contributed by atoms with E-state index in [2.05, 4.69) is 10.1 Å². The van der Waals surface area contributed by atoms with Gasteiger partial charge in [-0.15, -0.1) is 0 Å². The molecule has 3 aromatic rings. The number of para-hydroxylation sites is 3. The van der Waals surface area contributed by atoms with Gasteiger partial charge in [0.25, 0.3) is 0 Å². The molecule has 1 N–H and O–H groups in total. The van der Waals surface area contributed by atoms with Crippen LogP contribution in [-0.4, -0.2) is 21.7 Å². The van der Waals surface area contributed by atoms with Crippen molar-refractivity contribution in [2.75, 3.05) is 0 Å². The molecule has 0 saturated heterocycles. The fourth-order valence-corrected chi connectivity index (χ4v) is 3.43. The van der Waals surface area contributed by atoms with Gasteiger partial charge in [-0.3, -0.25) is 13.9 Å². The van der Waals surface area contributed by atoms with Crippen molar-refractivity contribution in [3.8, 4) is 5.75 Å². The number of aryl methyl sites for hydroxylation is 2. The maximum Gasteiger partial charge on any atom is 0.387 e. The van der Waals surface area contributed by atoms with Crippen LogP contribution < -0.4 is 15.7 Å². The lowest BCUT2D eigenvalue weighted by atomic mass is 10.0. The Balaban J connectivity index is 1.73. The van der Waals surface area contributed by atoms with E-state index in [4.69, 9.17) is 0 Å². The molecule has 1 atom stereocenters. The number of fused-ring (bicyclic) bond motifs is 1. The number of halogens is 2. The maximum atomic E-state index is 12.7. The van der Waals surface area contributed by atoms with Crippen molar-refractivity contribution in [2.24, 2.45) is 7.05 Å². The first-order valence-corrected chi connectivity index (χ1v) is 9.39. The number of nitrogens with zero attached hydrogens (tertiary/aromatic N) is 2. The van der Waals surface area contributed by atoms with Crippen LogP contribution >= 0.6 is 0 Å². The fourth-order valence-electron chi connectivity index (χ4n) is 3.43. The van der Waals surface area contributed by atoms with Gasteiger partial charge in [0.15, 0.2) is 0 Å². The third kappa shape index (κ3) is 4.47. The SMILES string of the molecule is CCC(NC(=O)CCn1c(=O)n(C)c2ccccc21)c1ccccc1OC(F)F. The first kappa shape index (κ1) is 20.6. The van der Waals surface area contributed by atoms with Gasteiger partial charge in [-0.1, -0.05) is 37.3 Å². The standard InChI is InChI=1S/C21H23F2N3O3/c1-3-15(14-8-4-7-11-18(14)29-20(22)23)24-19(27)12-13-26-17-10-6-5-9-16(17)25(2)21(26)28/h4-11,15,20H,3,12-13H2,1-2H3,(H,24,27).